The highest BCUT2D eigenvalue weighted by molar-refractivity contribution is 7.91. The number of aromatic nitrogens is 2. The molecule has 0 saturated heterocycles. The molecule has 3 aromatic carbocycles. The summed E-state index contributed by atoms with van der Waals surface area (Å²) in [5.41, 5.74) is 9.34. The van der Waals surface area contributed by atoms with Crippen LogP contribution in [0.1, 0.15) is 5.56 Å². The molecule has 0 aliphatic rings. The molecule has 0 aliphatic carbocycles. The topological polar surface area (TPSA) is 88.8 Å². The molecule has 0 fully saturated rings. The molecule has 1 heterocycles. The fourth-order valence-electron chi connectivity index (χ4n) is 2.96. The largest absolute Gasteiger partial charge is 0.398 e. The van der Waals surface area contributed by atoms with Crippen molar-refractivity contribution in [1.82, 2.24) is 9.97 Å². The Morgan fingerprint density at radius 2 is 1.65 bits per heavy atom. The fraction of sp³-hybridized carbons (Fsp3) is 0.0500. The first-order valence-corrected chi connectivity index (χ1v) is 9.60. The number of nitrogens with one attached hydrogen (secondary N) is 1. The molecule has 0 atom stereocenters. The maximum Gasteiger partial charge on any atom is 0.209 e. The zero-order valence-electron chi connectivity index (χ0n) is 14.1. The second-order valence-electron chi connectivity index (χ2n) is 6.14. The first-order chi connectivity index (χ1) is 12.5. The van der Waals surface area contributed by atoms with Crippen LogP contribution < -0.4 is 5.73 Å². The lowest BCUT2D eigenvalue weighted by molar-refractivity contribution is 0.596. The number of rotatable bonds is 3. The van der Waals surface area contributed by atoms with Gasteiger partial charge in [0.1, 0.15) is 10.7 Å². The summed E-state index contributed by atoms with van der Waals surface area (Å²) in [5, 5.41) is 0. The van der Waals surface area contributed by atoms with Gasteiger partial charge in [-0.05, 0) is 43.3 Å². The minimum atomic E-state index is -3.79. The van der Waals surface area contributed by atoms with E-state index in [4.69, 9.17) is 5.73 Å². The van der Waals surface area contributed by atoms with Gasteiger partial charge >= 0.3 is 0 Å². The number of H-pyrrole nitrogens is 1. The van der Waals surface area contributed by atoms with Crippen molar-refractivity contribution in [1.29, 1.82) is 0 Å². The molecule has 0 aliphatic heterocycles. The van der Waals surface area contributed by atoms with Gasteiger partial charge in [-0.3, -0.25) is 0 Å². The number of nitrogen functional groups attached to an aromatic ring is 1. The van der Waals surface area contributed by atoms with Gasteiger partial charge in [0.15, 0.2) is 0 Å². The fourth-order valence-corrected chi connectivity index (χ4v) is 4.52. The number of aromatic amines is 1. The maximum atomic E-state index is 13.3. The lowest BCUT2D eigenvalue weighted by atomic mass is 10.2. The summed E-state index contributed by atoms with van der Waals surface area (Å²) in [7, 11) is -3.79. The van der Waals surface area contributed by atoms with Crippen molar-refractivity contribution in [2.24, 2.45) is 0 Å². The molecule has 0 unspecified atom stereocenters. The number of hydrogen-bond donors (Lipinski definition) is 2. The number of aryl methyl sites for hydroxylation is 1. The second-order valence-corrected chi connectivity index (χ2v) is 8.03. The number of para-hydroxylation sites is 2. The molecule has 1 aromatic heterocycles. The molecular weight excluding hydrogens is 346 g/mol. The van der Waals surface area contributed by atoms with E-state index in [1.54, 1.807) is 42.5 Å². The van der Waals surface area contributed by atoms with Gasteiger partial charge in [-0.25, -0.2) is 13.4 Å². The first-order valence-electron chi connectivity index (χ1n) is 8.12. The predicted molar refractivity (Wildman–Crippen MR) is 103 cm³/mol. The SMILES string of the molecule is Cc1ccc(S(=O)(=O)c2c(N)cccc2-c2nc3ccccc3[nH]2)cc1. The van der Waals surface area contributed by atoms with Crippen molar-refractivity contribution < 1.29 is 8.42 Å². The predicted octanol–water partition coefficient (Wildman–Crippen LogP) is 3.95. The summed E-state index contributed by atoms with van der Waals surface area (Å²) in [5.74, 6) is 0.476. The minimum absolute atomic E-state index is 0.0721. The summed E-state index contributed by atoms with van der Waals surface area (Å²) < 4.78 is 26.5. The molecule has 5 nitrogen and oxygen atoms in total. The minimum Gasteiger partial charge on any atom is -0.398 e. The molecule has 0 spiro atoms. The van der Waals surface area contributed by atoms with E-state index in [1.165, 1.54) is 0 Å². The van der Waals surface area contributed by atoms with E-state index in [-0.39, 0.29) is 15.5 Å². The average molecular weight is 363 g/mol. The average Bonchev–Trinajstić information content (AvgIpc) is 3.05. The highest BCUT2D eigenvalue weighted by atomic mass is 32.2. The smallest absolute Gasteiger partial charge is 0.209 e. The Morgan fingerprint density at radius 3 is 2.38 bits per heavy atom. The van der Waals surface area contributed by atoms with Crippen molar-refractivity contribution in [2.45, 2.75) is 16.7 Å². The summed E-state index contributed by atoms with van der Waals surface area (Å²) in [6.45, 7) is 1.91. The lowest BCUT2D eigenvalue weighted by Crippen LogP contribution is -2.08. The van der Waals surface area contributed by atoms with Crippen LogP contribution in [0, 0.1) is 6.92 Å². The van der Waals surface area contributed by atoms with Gasteiger partial charge in [-0.1, -0.05) is 35.9 Å². The summed E-state index contributed by atoms with van der Waals surface area (Å²) in [6, 6.07) is 19.3. The van der Waals surface area contributed by atoms with E-state index in [2.05, 4.69) is 9.97 Å². The Hall–Kier alpha value is -3.12. The standard InChI is InChI=1S/C20H17N3O2S/c1-13-9-11-14(12-10-13)26(24,25)19-15(5-4-6-16(19)21)20-22-17-7-2-3-8-18(17)23-20/h2-12H,21H2,1H3,(H,22,23). The molecule has 3 N–H and O–H groups in total. The third-order valence-electron chi connectivity index (χ3n) is 4.29. The Kier molecular flexibility index (Phi) is 3.77. The highest BCUT2D eigenvalue weighted by Crippen LogP contribution is 2.35. The van der Waals surface area contributed by atoms with Gasteiger partial charge < -0.3 is 10.7 Å². The maximum absolute atomic E-state index is 13.3. The zero-order valence-corrected chi connectivity index (χ0v) is 14.9. The molecule has 4 rings (SSSR count). The molecule has 130 valence electrons. The van der Waals surface area contributed by atoms with Crippen LogP contribution in [0.2, 0.25) is 0 Å². The lowest BCUT2D eigenvalue weighted by Gasteiger charge is -2.12. The van der Waals surface area contributed by atoms with E-state index in [9.17, 15) is 8.42 Å². The van der Waals surface area contributed by atoms with Gasteiger partial charge in [0.2, 0.25) is 9.84 Å². The molecule has 0 radical (unpaired) electrons. The van der Waals surface area contributed by atoms with Gasteiger partial charge in [0, 0.05) is 5.56 Å². The molecule has 0 bridgehead atoms. The van der Waals surface area contributed by atoms with E-state index in [0.29, 0.717) is 11.4 Å². The summed E-state index contributed by atoms with van der Waals surface area (Å²) in [6.07, 6.45) is 0. The Bertz CT molecular complexity index is 1180. The van der Waals surface area contributed by atoms with Crippen LogP contribution >= 0.6 is 0 Å². The number of imidazole rings is 1. The van der Waals surface area contributed by atoms with Crippen LogP contribution in [0.3, 0.4) is 0 Å². The van der Waals surface area contributed by atoms with Gasteiger partial charge in [0.25, 0.3) is 0 Å². The molecule has 6 heteroatoms. The van der Waals surface area contributed by atoms with Crippen molar-refractivity contribution in [3.05, 3.63) is 72.3 Å². The molecule has 0 saturated carbocycles. The van der Waals surface area contributed by atoms with Gasteiger partial charge in [-0.2, -0.15) is 0 Å². The van der Waals surface area contributed by atoms with Crippen molar-refractivity contribution >= 4 is 26.6 Å². The molecular formula is C20H17N3O2S. The van der Waals surface area contributed by atoms with E-state index in [0.717, 1.165) is 16.6 Å². The van der Waals surface area contributed by atoms with Crippen LogP contribution in [0.15, 0.2) is 76.5 Å². The number of sulfone groups is 1. The van der Waals surface area contributed by atoms with Crippen molar-refractivity contribution in [2.75, 3.05) is 5.73 Å². The Balaban J connectivity index is 1.96. The zero-order chi connectivity index (χ0) is 18.3. The van der Waals surface area contributed by atoms with Crippen molar-refractivity contribution in [3.63, 3.8) is 0 Å². The summed E-state index contributed by atoms with van der Waals surface area (Å²) >= 11 is 0. The quantitative estimate of drug-likeness (QED) is 0.539. The number of nitrogens with zero attached hydrogens (tertiary/aromatic N) is 1. The molecule has 4 aromatic rings. The molecule has 0 amide bonds. The Morgan fingerprint density at radius 1 is 0.923 bits per heavy atom. The summed E-state index contributed by atoms with van der Waals surface area (Å²) in [4.78, 5) is 7.99. The normalized spacial score (nSPS) is 11.7. The number of anilines is 1. The number of benzene rings is 3. The van der Waals surface area contributed by atoms with E-state index in [1.807, 2.05) is 31.2 Å². The molecule has 26 heavy (non-hydrogen) atoms. The van der Waals surface area contributed by atoms with Crippen LogP contribution in [0.4, 0.5) is 5.69 Å². The third-order valence-corrected chi connectivity index (χ3v) is 6.18. The van der Waals surface area contributed by atoms with E-state index < -0.39 is 9.84 Å². The first kappa shape index (κ1) is 16.4. The number of fused-ring (bicyclic) bond motifs is 1. The van der Waals surface area contributed by atoms with Crippen LogP contribution in [-0.2, 0) is 9.84 Å². The van der Waals surface area contributed by atoms with Gasteiger partial charge in [0.05, 0.1) is 21.6 Å². The highest BCUT2D eigenvalue weighted by Gasteiger charge is 2.26. The van der Waals surface area contributed by atoms with Crippen LogP contribution in [0.5, 0.6) is 0 Å². The third kappa shape index (κ3) is 2.64. The van der Waals surface area contributed by atoms with E-state index >= 15 is 0 Å². The van der Waals surface area contributed by atoms with Crippen molar-refractivity contribution in [3.8, 4) is 11.4 Å². The Labute approximate surface area is 151 Å². The van der Waals surface area contributed by atoms with Gasteiger partial charge in [-0.15, -0.1) is 0 Å². The number of hydrogen-bond acceptors (Lipinski definition) is 4. The number of nitrogens with two attached hydrogens (primary N) is 1. The monoisotopic (exact) mass is 363 g/mol. The van der Waals surface area contributed by atoms with Crippen LogP contribution in [0.25, 0.3) is 22.4 Å². The second kappa shape index (κ2) is 6.00. The van der Waals surface area contributed by atoms with Crippen LogP contribution in [-0.4, -0.2) is 18.4 Å².